The van der Waals surface area contributed by atoms with E-state index in [2.05, 4.69) is 0 Å². The van der Waals surface area contributed by atoms with Crippen LogP contribution < -0.4 is 24.8 Å². The Morgan fingerprint density at radius 1 is 1.25 bits per heavy atom. The topological polar surface area (TPSA) is 121 Å². The van der Waals surface area contributed by atoms with Gasteiger partial charge in [0.2, 0.25) is 5.75 Å². The smallest absolute Gasteiger partial charge is 0.330 e. The average Bonchev–Trinajstić information content (AvgIpc) is 2.55. The number of guanidine groups is 1. The van der Waals surface area contributed by atoms with Crippen molar-refractivity contribution in [2.75, 3.05) is 39.3 Å². The molecule has 1 aromatic rings. The van der Waals surface area contributed by atoms with Crippen molar-refractivity contribution in [3.63, 3.8) is 0 Å². The average molecular weight is 340 g/mol. The second kappa shape index (κ2) is 8.14. The van der Waals surface area contributed by atoms with Crippen molar-refractivity contribution in [1.82, 2.24) is 4.90 Å². The van der Waals surface area contributed by atoms with Gasteiger partial charge in [-0.15, -0.1) is 0 Å². The van der Waals surface area contributed by atoms with Crippen LogP contribution in [0.2, 0.25) is 0 Å². The molecule has 0 saturated heterocycles. The van der Waals surface area contributed by atoms with E-state index in [0.717, 1.165) is 4.90 Å². The summed E-state index contributed by atoms with van der Waals surface area (Å²) in [6.45, 7) is 4.11. The van der Waals surface area contributed by atoms with Crippen LogP contribution in [0.25, 0.3) is 0 Å². The Balaban J connectivity index is 3.54. The third-order valence-corrected chi connectivity index (χ3v) is 3.24. The molecule has 0 aromatic heterocycles. The molecule has 1 rings (SSSR count). The Morgan fingerprint density at radius 2 is 1.83 bits per heavy atom. The summed E-state index contributed by atoms with van der Waals surface area (Å²) >= 11 is 0. The summed E-state index contributed by atoms with van der Waals surface area (Å²) in [5.41, 5.74) is 5.57. The number of carbonyl (C=O) groups is 1. The lowest BCUT2D eigenvalue weighted by atomic mass is 10.2. The number of hydrogen-bond acceptors (Lipinski definition) is 6. The molecule has 2 amide bonds. The molecule has 0 aliphatic heterocycles. The number of urea groups is 1. The highest BCUT2D eigenvalue weighted by Crippen LogP contribution is 2.49. The number of hydrogen-bond donors (Lipinski definition) is 3. The van der Waals surface area contributed by atoms with Crippen molar-refractivity contribution >= 4 is 17.7 Å². The summed E-state index contributed by atoms with van der Waals surface area (Å²) in [6, 6.07) is 0.878. The molecule has 9 nitrogen and oxygen atoms in total. The Bertz CT molecular complexity index is 620. The molecule has 0 saturated carbocycles. The van der Waals surface area contributed by atoms with Gasteiger partial charge in [-0.3, -0.25) is 15.2 Å². The number of amides is 2. The molecule has 0 spiro atoms. The van der Waals surface area contributed by atoms with Crippen LogP contribution in [0.4, 0.5) is 10.5 Å². The molecule has 0 unspecified atom stereocenters. The Kier molecular flexibility index (Phi) is 6.51. The first kappa shape index (κ1) is 19.2. The Morgan fingerprint density at radius 3 is 2.29 bits per heavy atom. The molecule has 4 N–H and O–H groups in total. The van der Waals surface area contributed by atoms with Gasteiger partial charge >= 0.3 is 6.03 Å². The summed E-state index contributed by atoms with van der Waals surface area (Å²) < 4.78 is 16.2. The highest BCUT2D eigenvalue weighted by molar-refractivity contribution is 6.04. The fourth-order valence-electron chi connectivity index (χ4n) is 2.04. The fourth-order valence-corrected chi connectivity index (χ4v) is 2.04. The lowest BCUT2D eigenvalue weighted by molar-refractivity contribution is 0.232. The highest BCUT2D eigenvalue weighted by atomic mass is 16.5. The molecule has 0 aliphatic rings. The number of phenols is 1. The van der Waals surface area contributed by atoms with Crippen LogP contribution in [0, 0.1) is 5.41 Å². The number of methoxy groups -OCH3 is 1. The van der Waals surface area contributed by atoms with E-state index in [0.29, 0.717) is 12.4 Å². The van der Waals surface area contributed by atoms with E-state index in [4.69, 9.17) is 25.4 Å². The van der Waals surface area contributed by atoms with Crippen molar-refractivity contribution in [3.8, 4) is 23.0 Å². The monoisotopic (exact) mass is 340 g/mol. The maximum Gasteiger partial charge on any atom is 0.330 e. The summed E-state index contributed by atoms with van der Waals surface area (Å²) in [5, 5.41) is 17.7. The minimum atomic E-state index is -0.589. The van der Waals surface area contributed by atoms with E-state index < -0.39 is 12.0 Å². The molecule has 9 heteroatoms. The van der Waals surface area contributed by atoms with Gasteiger partial charge in [0.05, 0.1) is 20.3 Å². The lowest BCUT2D eigenvalue weighted by Crippen LogP contribution is -2.45. The largest absolute Gasteiger partial charge is 0.502 e. The lowest BCUT2D eigenvalue weighted by Gasteiger charge is -2.27. The first-order valence-electron chi connectivity index (χ1n) is 7.34. The molecular formula is C15H24N4O5. The summed E-state index contributed by atoms with van der Waals surface area (Å²) in [5.74, 6) is -0.161. The van der Waals surface area contributed by atoms with E-state index in [1.54, 1.807) is 13.8 Å². The fraction of sp³-hybridized carbons (Fsp3) is 0.467. The molecule has 0 fully saturated rings. The molecular weight excluding hydrogens is 316 g/mol. The van der Waals surface area contributed by atoms with Crippen molar-refractivity contribution < 1.29 is 24.1 Å². The normalized spacial score (nSPS) is 10.0. The number of aromatic hydroxyl groups is 1. The maximum atomic E-state index is 12.5. The number of ether oxygens (including phenoxy) is 3. The molecule has 0 atom stereocenters. The summed E-state index contributed by atoms with van der Waals surface area (Å²) in [6.07, 6.45) is 0. The quantitative estimate of drug-likeness (QED) is 0.534. The number of carbonyl (C=O) groups excluding carboxylic acids is 1. The molecule has 0 heterocycles. The number of nitrogens with two attached hydrogens (primary N) is 1. The van der Waals surface area contributed by atoms with Crippen molar-refractivity contribution in [2.24, 2.45) is 5.73 Å². The Hall–Kier alpha value is -2.84. The van der Waals surface area contributed by atoms with E-state index in [1.165, 1.54) is 32.2 Å². The third-order valence-electron chi connectivity index (χ3n) is 3.24. The van der Waals surface area contributed by atoms with Crippen LogP contribution in [-0.2, 0) is 0 Å². The number of rotatable bonds is 6. The number of phenolic OH excluding ortho intramolecular Hbond substituents is 1. The molecule has 134 valence electrons. The van der Waals surface area contributed by atoms with Gasteiger partial charge in [-0.2, -0.15) is 0 Å². The second-order valence-corrected chi connectivity index (χ2v) is 4.76. The predicted octanol–water partition coefficient (Wildman–Crippen LogP) is 1.58. The van der Waals surface area contributed by atoms with Crippen LogP contribution in [0.1, 0.15) is 13.8 Å². The number of benzene rings is 1. The van der Waals surface area contributed by atoms with Gasteiger partial charge in [-0.05, 0) is 13.8 Å². The van der Waals surface area contributed by atoms with Crippen LogP contribution >= 0.6 is 0 Å². The van der Waals surface area contributed by atoms with Gasteiger partial charge in [0.25, 0.3) is 0 Å². The second-order valence-electron chi connectivity index (χ2n) is 4.76. The first-order valence-corrected chi connectivity index (χ1v) is 7.34. The zero-order valence-corrected chi connectivity index (χ0v) is 14.5. The minimum absolute atomic E-state index is 0.0492. The molecule has 24 heavy (non-hydrogen) atoms. The van der Waals surface area contributed by atoms with Crippen molar-refractivity contribution in [2.45, 2.75) is 13.8 Å². The van der Waals surface area contributed by atoms with Crippen LogP contribution in [-0.4, -0.2) is 56.4 Å². The molecule has 0 aliphatic carbocycles. The van der Waals surface area contributed by atoms with Crippen molar-refractivity contribution in [1.29, 1.82) is 5.41 Å². The Labute approximate surface area is 141 Å². The van der Waals surface area contributed by atoms with Gasteiger partial charge in [0.15, 0.2) is 23.2 Å². The van der Waals surface area contributed by atoms with E-state index in [-0.39, 0.29) is 29.5 Å². The van der Waals surface area contributed by atoms with Crippen LogP contribution in [0.3, 0.4) is 0 Å². The summed E-state index contributed by atoms with van der Waals surface area (Å²) in [4.78, 5) is 14.6. The highest BCUT2D eigenvalue weighted by Gasteiger charge is 2.28. The zero-order valence-electron chi connectivity index (χ0n) is 14.5. The standard InChI is InChI=1S/C15H24N4O5/c1-6-23-9-8-10(22-5)12(20)13(24-7-2)11(9)18(3)15(21)19(4)14(16)17/h8,20H,6-7H2,1-5H3,(H3,16,17). The minimum Gasteiger partial charge on any atom is -0.502 e. The van der Waals surface area contributed by atoms with Crippen molar-refractivity contribution in [3.05, 3.63) is 6.07 Å². The van der Waals surface area contributed by atoms with Gasteiger partial charge in [0, 0.05) is 20.2 Å². The number of nitrogens with one attached hydrogen (secondary N) is 1. The third kappa shape index (κ3) is 3.73. The van der Waals surface area contributed by atoms with E-state index in [1.807, 2.05) is 0 Å². The number of nitrogens with zero attached hydrogens (tertiary/aromatic N) is 2. The van der Waals surface area contributed by atoms with Crippen LogP contribution in [0.15, 0.2) is 6.07 Å². The summed E-state index contributed by atoms with van der Waals surface area (Å²) in [7, 11) is 4.23. The van der Waals surface area contributed by atoms with E-state index >= 15 is 0 Å². The van der Waals surface area contributed by atoms with Crippen LogP contribution in [0.5, 0.6) is 23.0 Å². The first-order chi connectivity index (χ1) is 11.3. The SMILES string of the molecule is CCOc1cc(OC)c(O)c(OCC)c1N(C)C(=O)N(C)C(=N)N. The van der Waals surface area contributed by atoms with E-state index in [9.17, 15) is 9.90 Å². The predicted molar refractivity (Wildman–Crippen MR) is 90.5 cm³/mol. The van der Waals surface area contributed by atoms with Gasteiger partial charge in [0.1, 0.15) is 5.69 Å². The van der Waals surface area contributed by atoms with Gasteiger partial charge < -0.3 is 25.1 Å². The molecule has 0 bridgehead atoms. The van der Waals surface area contributed by atoms with Gasteiger partial charge in [-0.1, -0.05) is 0 Å². The van der Waals surface area contributed by atoms with Gasteiger partial charge in [-0.25, -0.2) is 4.79 Å². The number of anilines is 1. The zero-order chi connectivity index (χ0) is 18.4. The molecule has 0 radical (unpaired) electrons. The molecule has 1 aromatic carbocycles. The maximum absolute atomic E-state index is 12.5.